The third-order valence-corrected chi connectivity index (χ3v) is 3.39. The molecule has 3 nitrogen and oxygen atoms in total. The van der Waals surface area contributed by atoms with Crippen LogP contribution in [0.5, 0.6) is 0 Å². The van der Waals surface area contributed by atoms with Gasteiger partial charge in [-0.25, -0.2) is 9.18 Å². The molecular weight excluding hydrogens is 293 g/mol. The maximum atomic E-state index is 13.2. The van der Waals surface area contributed by atoms with Crippen molar-refractivity contribution >= 4 is 33.9 Å². The van der Waals surface area contributed by atoms with E-state index in [0.29, 0.717) is 17.0 Å². The van der Waals surface area contributed by atoms with Gasteiger partial charge in [-0.1, -0.05) is 23.2 Å². The normalized spacial score (nSPS) is 10.8. The van der Waals surface area contributed by atoms with Crippen molar-refractivity contribution < 1.29 is 8.81 Å². The van der Waals surface area contributed by atoms with Crippen LogP contribution in [0.25, 0.3) is 11.0 Å². The Balaban J connectivity index is 2.13. The number of benzene rings is 2. The Hall–Kier alpha value is -2.33. The number of nitrogens with one attached hydrogen (secondary N) is 1. The first kappa shape index (κ1) is 13.6. The lowest BCUT2D eigenvalue weighted by atomic mass is 10.1. The molecule has 2 aromatic carbocycles. The summed E-state index contributed by atoms with van der Waals surface area (Å²) >= 11 is 5.76. The Morgan fingerprint density at radius 3 is 2.71 bits per heavy atom. The van der Waals surface area contributed by atoms with Gasteiger partial charge in [0.25, 0.3) is 0 Å². The second-order valence-corrected chi connectivity index (χ2v) is 5.14. The van der Waals surface area contributed by atoms with Gasteiger partial charge in [0.1, 0.15) is 11.4 Å². The predicted molar refractivity (Wildman–Crippen MR) is 81.9 cm³/mol. The smallest absolute Gasteiger partial charge is 0.338 e. The topological polar surface area (TPSA) is 42.2 Å². The highest BCUT2D eigenvalue weighted by atomic mass is 35.5. The first-order chi connectivity index (χ1) is 10.0. The van der Waals surface area contributed by atoms with Crippen molar-refractivity contribution in [3.05, 3.63) is 69.3 Å². The van der Waals surface area contributed by atoms with E-state index < -0.39 is 11.4 Å². The molecule has 0 unspecified atom stereocenters. The number of hydrogen-bond donors (Lipinski definition) is 1. The summed E-state index contributed by atoms with van der Waals surface area (Å²) in [6.07, 6.45) is 0. The van der Waals surface area contributed by atoms with Crippen LogP contribution in [0.2, 0.25) is 5.02 Å². The fourth-order valence-electron chi connectivity index (χ4n) is 2.11. The van der Waals surface area contributed by atoms with Crippen LogP contribution in [0.1, 0.15) is 5.56 Å². The molecule has 0 saturated carbocycles. The molecule has 21 heavy (non-hydrogen) atoms. The van der Waals surface area contributed by atoms with Crippen molar-refractivity contribution in [3.63, 3.8) is 0 Å². The lowest BCUT2D eigenvalue weighted by Gasteiger charge is -2.10. The van der Waals surface area contributed by atoms with Gasteiger partial charge in [0.2, 0.25) is 0 Å². The van der Waals surface area contributed by atoms with Gasteiger partial charge in [0.15, 0.2) is 0 Å². The van der Waals surface area contributed by atoms with Gasteiger partial charge in [0, 0.05) is 17.1 Å². The Kier molecular flexibility index (Phi) is 3.39. The molecule has 0 spiro atoms. The van der Waals surface area contributed by atoms with Crippen LogP contribution in [-0.2, 0) is 0 Å². The molecule has 0 radical (unpaired) electrons. The van der Waals surface area contributed by atoms with Crippen LogP contribution in [0, 0.1) is 12.7 Å². The Morgan fingerprint density at radius 1 is 1.14 bits per heavy atom. The molecule has 0 aliphatic carbocycles. The van der Waals surface area contributed by atoms with Crippen LogP contribution >= 0.6 is 11.6 Å². The van der Waals surface area contributed by atoms with Crippen molar-refractivity contribution in [2.45, 2.75) is 6.92 Å². The minimum absolute atomic E-state index is 0.0171. The maximum absolute atomic E-state index is 13.2. The Morgan fingerprint density at radius 2 is 1.95 bits per heavy atom. The molecule has 0 atom stereocenters. The second kappa shape index (κ2) is 5.22. The van der Waals surface area contributed by atoms with E-state index in [4.69, 9.17) is 16.0 Å². The summed E-state index contributed by atoms with van der Waals surface area (Å²) < 4.78 is 18.3. The van der Waals surface area contributed by atoms with Crippen molar-refractivity contribution in [1.82, 2.24) is 0 Å². The van der Waals surface area contributed by atoms with Crippen molar-refractivity contribution in [2.75, 3.05) is 5.32 Å². The number of rotatable bonds is 2. The van der Waals surface area contributed by atoms with Crippen molar-refractivity contribution in [3.8, 4) is 0 Å². The lowest BCUT2D eigenvalue weighted by Crippen LogP contribution is -2.01. The van der Waals surface area contributed by atoms with E-state index in [1.807, 2.05) is 19.1 Å². The zero-order chi connectivity index (χ0) is 15.0. The lowest BCUT2D eigenvalue weighted by molar-refractivity contribution is 0.561. The number of hydrogen-bond acceptors (Lipinski definition) is 3. The second-order valence-electron chi connectivity index (χ2n) is 4.73. The van der Waals surface area contributed by atoms with Crippen LogP contribution in [0.3, 0.4) is 0 Å². The Bertz CT molecular complexity index is 889. The minimum Gasteiger partial charge on any atom is -0.423 e. The summed E-state index contributed by atoms with van der Waals surface area (Å²) in [4.78, 5) is 11.6. The highest BCUT2D eigenvalue weighted by Crippen LogP contribution is 2.27. The van der Waals surface area contributed by atoms with Gasteiger partial charge in [-0.15, -0.1) is 0 Å². The van der Waals surface area contributed by atoms with E-state index >= 15 is 0 Å². The number of aryl methyl sites for hydroxylation is 1. The molecule has 1 aromatic heterocycles. The average Bonchev–Trinajstić information content (AvgIpc) is 2.43. The van der Waals surface area contributed by atoms with Crippen molar-refractivity contribution in [2.24, 2.45) is 0 Å². The van der Waals surface area contributed by atoms with Crippen LogP contribution in [0.4, 0.5) is 15.8 Å². The van der Waals surface area contributed by atoms with E-state index in [-0.39, 0.29) is 5.02 Å². The molecule has 0 bridgehead atoms. The van der Waals surface area contributed by atoms with Gasteiger partial charge >= 0.3 is 5.63 Å². The molecule has 0 aliphatic heterocycles. The Labute approximate surface area is 125 Å². The van der Waals surface area contributed by atoms with Crippen LogP contribution in [-0.4, -0.2) is 0 Å². The van der Waals surface area contributed by atoms with Gasteiger partial charge < -0.3 is 9.73 Å². The molecule has 3 aromatic rings. The summed E-state index contributed by atoms with van der Waals surface area (Å²) in [5.74, 6) is -0.490. The molecule has 1 N–H and O–H groups in total. The molecular formula is C16H11ClFNO2. The summed E-state index contributed by atoms with van der Waals surface area (Å²) in [5.41, 5.74) is 2.25. The van der Waals surface area contributed by atoms with E-state index in [9.17, 15) is 9.18 Å². The van der Waals surface area contributed by atoms with Crippen molar-refractivity contribution in [1.29, 1.82) is 0 Å². The fraction of sp³-hybridized carbons (Fsp3) is 0.0625. The summed E-state index contributed by atoms with van der Waals surface area (Å²) in [7, 11) is 0. The summed E-state index contributed by atoms with van der Waals surface area (Å²) in [6.45, 7) is 1.95. The van der Waals surface area contributed by atoms with E-state index in [0.717, 1.165) is 10.9 Å². The number of anilines is 2. The zero-order valence-corrected chi connectivity index (χ0v) is 11.9. The molecule has 0 amide bonds. The number of fused-ring (bicyclic) bond motifs is 1. The van der Waals surface area contributed by atoms with Gasteiger partial charge in [-0.05, 0) is 37.3 Å². The first-order valence-electron chi connectivity index (χ1n) is 6.29. The predicted octanol–water partition coefficient (Wildman–Crippen LogP) is 4.64. The van der Waals surface area contributed by atoms with E-state index in [1.54, 1.807) is 12.1 Å². The maximum Gasteiger partial charge on any atom is 0.338 e. The average molecular weight is 304 g/mol. The summed E-state index contributed by atoms with van der Waals surface area (Å²) in [5, 5.41) is 3.86. The summed E-state index contributed by atoms with van der Waals surface area (Å²) in [6, 6.07) is 11.2. The highest BCUT2D eigenvalue weighted by molar-refractivity contribution is 6.31. The largest absolute Gasteiger partial charge is 0.423 e. The van der Waals surface area contributed by atoms with E-state index in [1.165, 1.54) is 18.2 Å². The molecule has 3 rings (SSSR count). The SMILES string of the molecule is Cc1ccc2oc(=O)cc(Nc3ccc(F)c(Cl)c3)c2c1. The number of halogens is 2. The molecule has 0 aliphatic rings. The van der Waals surface area contributed by atoms with Crippen LogP contribution in [0.15, 0.2) is 51.7 Å². The standard InChI is InChI=1S/C16H11ClFNO2/c1-9-2-5-15-11(6-9)14(8-16(20)21-15)19-10-3-4-13(18)12(17)7-10/h2-8,19H,1H3. The van der Waals surface area contributed by atoms with Gasteiger partial charge in [-0.2, -0.15) is 0 Å². The zero-order valence-electron chi connectivity index (χ0n) is 11.1. The fourth-order valence-corrected chi connectivity index (χ4v) is 2.29. The highest BCUT2D eigenvalue weighted by Gasteiger charge is 2.07. The van der Waals surface area contributed by atoms with E-state index in [2.05, 4.69) is 5.32 Å². The molecule has 5 heteroatoms. The molecule has 1 heterocycles. The monoisotopic (exact) mass is 303 g/mol. The molecule has 106 valence electrons. The van der Waals surface area contributed by atoms with Gasteiger partial charge in [-0.3, -0.25) is 0 Å². The van der Waals surface area contributed by atoms with Gasteiger partial charge in [0.05, 0.1) is 10.7 Å². The third-order valence-electron chi connectivity index (χ3n) is 3.10. The minimum atomic E-state index is -0.490. The van der Waals surface area contributed by atoms with Crippen LogP contribution < -0.4 is 10.9 Å². The first-order valence-corrected chi connectivity index (χ1v) is 6.67. The molecule has 0 fully saturated rings. The third kappa shape index (κ3) is 2.76. The molecule has 0 saturated heterocycles. The quantitative estimate of drug-likeness (QED) is 0.701.